The van der Waals surface area contributed by atoms with E-state index in [4.69, 9.17) is 16.3 Å². The number of hydrogen-bond acceptors (Lipinski definition) is 4. The van der Waals surface area contributed by atoms with Crippen LogP contribution in [0, 0.1) is 10.1 Å². The van der Waals surface area contributed by atoms with Crippen molar-refractivity contribution in [1.82, 2.24) is 5.32 Å². The van der Waals surface area contributed by atoms with Gasteiger partial charge < -0.3 is 10.1 Å². The molecule has 1 aromatic carbocycles. The van der Waals surface area contributed by atoms with Crippen molar-refractivity contribution in [2.75, 3.05) is 6.61 Å². The van der Waals surface area contributed by atoms with Gasteiger partial charge in [-0.1, -0.05) is 17.7 Å². The Morgan fingerprint density at radius 3 is 2.94 bits per heavy atom. The van der Waals surface area contributed by atoms with Gasteiger partial charge in [-0.25, -0.2) is 4.79 Å². The van der Waals surface area contributed by atoms with Crippen LogP contribution in [0.15, 0.2) is 18.2 Å². The molecule has 2 rings (SSSR count). The lowest BCUT2D eigenvalue weighted by Crippen LogP contribution is -2.35. The van der Waals surface area contributed by atoms with E-state index in [1.54, 1.807) is 6.07 Å². The third-order valence-electron chi connectivity index (χ3n) is 2.50. The van der Waals surface area contributed by atoms with Gasteiger partial charge in [0.05, 0.1) is 17.6 Å². The standard InChI is InChI=1S/C10H9ClN2O4/c11-7-2-1-6(5-9(7)13(15)16)8-3-4-17-10(14)12-8/h1-2,5,8H,3-4H2,(H,12,14)/t8-/m0/s1. The fraction of sp³-hybridized carbons (Fsp3) is 0.300. The van der Waals surface area contributed by atoms with Crippen LogP contribution < -0.4 is 5.32 Å². The number of cyclic esters (lactones) is 1. The van der Waals surface area contributed by atoms with Crippen molar-refractivity contribution in [3.05, 3.63) is 38.9 Å². The first-order valence-corrected chi connectivity index (χ1v) is 5.33. The normalized spacial score (nSPS) is 19.4. The van der Waals surface area contributed by atoms with E-state index in [2.05, 4.69) is 5.32 Å². The first-order chi connectivity index (χ1) is 8.08. The minimum Gasteiger partial charge on any atom is -0.449 e. The van der Waals surface area contributed by atoms with E-state index >= 15 is 0 Å². The fourth-order valence-electron chi connectivity index (χ4n) is 1.66. The van der Waals surface area contributed by atoms with Crippen LogP contribution in [-0.2, 0) is 4.74 Å². The number of halogens is 1. The summed E-state index contributed by atoms with van der Waals surface area (Å²) in [5.74, 6) is 0. The average Bonchev–Trinajstić information content (AvgIpc) is 2.29. The molecule has 0 radical (unpaired) electrons. The maximum absolute atomic E-state index is 11.0. The van der Waals surface area contributed by atoms with Gasteiger partial charge in [-0.2, -0.15) is 0 Å². The Hall–Kier alpha value is -1.82. The minimum atomic E-state index is -0.549. The molecule has 1 fully saturated rings. The third kappa shape index (κ3) is 2.47. The predicted molar refractivity (Wildman–Crippen MR) is 59.9 cm³/mol. The van der Waals surface area contributed by atoms with E-state index < -0.39 is 11.0 Å². The maximum atomic E-state index is 11.0. The van der Waals surface area contributed by atoms with Gasteiger partial charge in [-0.05, 0) is 11.6 Å². The molecule has 1 aliphatic rings. The van der Waals surface area contributed by atoms with Gasteiger partial charge in [0.1, 0.15) is 5.02 Å². The summed E-state index contributed by atoms with van der Waals surface area (Å²) in [6.07, 6.45) is 0.0590. The number of rotatable bonds is 2. The average molecular weight is 257 g/mol. The first-order valence-electron chi connectivity index (χ1n) is 4.95. The van der Waals surface area contributed by atoms with Gasteiger partial charge in [0, 0.05) is 12.5 Å². The number of nitrogens with zero attached hydrogens (tertiary/aromatic N) is 1. The summed E-state index contributed by atoms with van der Waals surface area (Å²) in [5, 5.41) is 13.4. The van der Waals surface area contributed by atoms with Crippen molar-refractivity contribution < 1.29 is 14.5 Å². The number of carbonyl (C=O) groups excluding carboxylic acids is 1. The quantitative estimate of drug-likeness (QED) is 0.651. The summed E-state index contributed by atoms with van der Waals surface area (Å²) in [4.78, 5) is 21.2. The molecule has 1 amide bonds. The second-order valence-electron chi connectivity index (χ2n) is 3.59. The highest BCUT2D eigenvalue weighted by Gasteiger charge is 2.23. The molecule has 17 heavy (non-hydrogen) atoms. The maximum Gasteiger partial charge on any atom is 0.407 e. The highest BCUT2D eigenvalue weighted by atomic mass is 35.5. The monoisotopic (exact) mass is 256 g/mol. The lowest BCUT2D eigenvalue weighted by Gasteiger charge is -2.23. The van der Waals surface area contributed by atoms with Crippen LogP contribution >= 0.6 is 11.6 Å². The topological polar surface area (TPSA) is 81.5 Å². The van der Waals surface area contributed by atoms with Crippen LogP contribution in [0.4, 0.5) is 10.5 Å². The smallest absolute Gasteiger partial charge is 0.407 e. The molecular formula is C10H9ClN2O4. The number of carbonyl (C=O) groups is 1. The Balaban J connectivity index is 2.29. The number of ether oxygens (including phenoxy) is 1. The summed E-state index contributed by atoms with van der Waals surface area (Å²) >= 11 is 5.71. The molecule has 0 aromatic heterocycles. The Bertz CT molecular complexity index is 477. The van der Waals surface area contributed by atoms with E-state index in [-0.39, 0.29) is 16.8 Å². The SMILES string of the molecule is O=C1N[C@H](c2ccc(Cl)c([N+](=O)[O-])c2)CCO1. The Morgan fingerprint density at radius 2 is 2.29 bits per heavy atom. The van der Waals surface area contributed by atoms with E-state index in [1.807, 2.05) is 0 Å². The number of nitro groups is 1. The van der Waals surface area contributed by atoms with Crippen molar-refractivity contribution in [2.24, 2.45) is 0 Å². The second kappa shape index (κ2) is 4.58. The van der Waals surface area contributed by atoms with E-state index in [1.165, 1.54) is 12.1 Å². The molecular weight excluding hydrogens is 248 g/mol. The van der Waals surface area contributed by atoms with Gasteiger partial charge in [0.15, 0.2) is 0 Å². The van der Waals surface area contributed by atoms with Crippen LogP contribution in [-0.4, -0.2) is 17.6 Å². The second-order valence-corrected chi connectivity index (χ2v) is 4.00. The van der Waals surface area contributed by atoms with E-state index in [9.17, 15) is 14.9 Å². The largest absolute Gasteiger partial charge is 0.449 e. The first kappa shape index (κ1) is 11.7. The summed E-state index contributed by atoms with van der Waals surface area (Å²) in [6.45, 7) is 0.299. The molecule has 1 saturated heterocycles. The Labute approximate surface area is 102 Å². The Morgan fingerprint density at radius 1 is 1.53 bits per heavy atom. The fourth-order valence-corrected chi connectivity index (χ4v) is 1.85. The number of nitro benzene ring substituents is 1. The highest BCUT2D eigenvalue weighted by Crippen LogP contribution is 2.29. The molecule has 0 spiro atoms. The summed E-state index contributed by atoms with van der Waals surface area (Å²) in [6, 6.07) is 4.22. The molecule has 1 aliphatic heterocycles. The van der Waals surface area contributed by atoms with Gasteiger partial charge in [0.25, 0.3) is 5.69 Å². The number of amides is 1. The number of nitrogens with one attached hydrogen (secondary N) is 1. The van der Waals surface area contributed by atoms with Crippen molar-refractivity contribution in [3.8, 4) is 0 Å². The van der Waals surface area contributed by atoms with Gasteiger partial charge >= 0.3 is 6.09 Å². The van der Waals surface area contributed by atoms with Crippen LogP contribution in [0.1, 0.15) is 18.0 Å². The van der Waals surface area contributed by atoms with Crippen LogP contribution in [0.25, 0.3) is 0 Å². The van der Waals surface area contributed by atoms with Crippen LogP contribution in [0.3, 0.4) is 0 Å². The molecule has 90 valence electrons. The number of alkyl carbamates (subject to hydrolysis) is 1. The van der Waals surface area contributed by atoms with Gasteiger partial charge in [0.2, 0.25) is 0 Å². The van der Waals surface area contributed by atoms with Gasteiger partial charge in [-0.3, -0.25) is 10.1 Å². The van der Waals surface area contributed by atoms with Crippen molar-refractivity contribution >= 4 is 23.4 Å². The van der Waals surface area contributed by atoms with Gasteiger partial charge in [-0.15, -0.1) is 0 Å². The van der Waals surface area contributed by atoms with E-state index in [0.717, 1.165) is 0 Å². The zero-order valence-corrected chi connectivity index (χ0v) is 9.44. The molecule has 0 aliphatic carbocycles. The van der Waals surface area contributed by atoms with Crippen molar-refractivity contribution in [1.29, 1.82) is 0 Å². The zero-order valence-electron chi connectivity index (χ0n) is 8.68. The lowest BCUT2D eigenvalue weighted by atomic mass is 10.0. The third-order valence-corrected chi connectivity index (χ3v) is 2.82. The molecule has 1 aromatic rings. The predicted octanol–water partition coefficient (Wildman–Crippen LogP) is 2.42. The number of hydrogen-bond donors (Lipinski definition) is 1. The molecule has 1 atom stereocenters. The molecule has 7 heteroatoms. The van der Waals surface area contributed by atoms with E-state index in [0.29, 0.717) is 18.6 Å². The van der Waals surface area contributed by atoms with Crippen LogP contribution in [0.2, 0.25) is 5.02 Å². The lowest BCUT2D eigenvalue weighted by molar-refractivity contribution is -0.384. The summed E-state index contributed by atoms with van der Waals surface area (Å²) in [5.41, 5.74) is 0.489. The molecule has 0 unspecified atom stereocenters. The molecule has 1 N–H and O–H groups in total. The number of benzene rings is 1. The Kier molecular flexibility index (Phi) is 3.14. The van der Waals surface area contributed by atoms with Crippen molar-refractivity contribution in [3.63, 3.8) is 0 Å². The highest BCUT2D eigenvalue weighted by molar-refractivity contribution is 6.32. The molecule has 0 saturated carbocycles. The molecule has 6 nitrogen and oxygen atoms in total. The zero-order chi connectivity index (χ0) is 12.4. The molecule has 1 heterocycles. The van der Waals surface area contributed by atoms with Crippen LogP contribution in [0.5, 0.6) is 0 Å². The van der Waals surface area contributed by atoms with Crippen molar-refractivity contribution in [2.45, 2.75) is 12.5 Å². The minimum absolute atomic E-state index is 0.0807. The summed E-state index contributed by atoms with van der Waals surface area (Å²) in [7, 11) is 0. The summed E-state index contributed by atoms with van der Waals surface area (Å²) < 4.78 is 4.72. The molecule has 0 bridgehead atoms.